The zero-order chi connectivity index (χ0) is 14.7. The Morgan fingerprint density at radius 1 is 1.15 bits per heavy atom. The average molecular weight is 343 g/mol. The molecule has 0 heterocycles. The standard InChI is InChI=1S/C14H9BrF2O3/c15-9-3-8(4-11(17)5-9)7-20-13-6-10(16)1-2-12(13)14(18)19/h1-6H,7H2,(H,18,19). The van der Waals surface area contributed by atoms with E-state index in [1.807, 2.05) is 0 Å². The summed E-state index contributed by atoms with van der Waals surface area (Å²) in [5.74, 6) is -2.38. The van der Waals surface area contributed by atoms with Crippen molar-refractivity contribution in [1.29, 1.82) is 0 Å². The Hall–Kier alpha value is -1.95. The van der Waals surface area contributed by atoms with E-state index in [1.165, 1.54) is 12.1 Å². The summed E-state index contributed by atoms with van der Waals surface area (Å²) in [5.41, 5.74) is 0.347. The number of aromatic carboxylic acids is 1. The van der Waals surface area contributed by atoms with Crippen LogP contribution in [0, 0.1) is 11.6 Å². The van der Waals surface area contributed by atoms with E-state index < -0.39 is 17.6 Å². The molecule has 0 aliphatic heterocycles. The van der Waals surface area contributed by atoms with Crippen LogP contribution in [-0.4, -0.2) is 11.1 Å². The predicted octanol–water partition coefficient (Wildman–Crippen LogP) is 4.00. The number of benzene rings is 2. The third-order valence-corrected chi connectivity index (χ3v) is 2.95. The molecule has 0 radical (unpaired) electrons. The monoisotopic (exact) mass is 342 g/mol. The van der Waals surface area contributed by atoms with Crippen molar-refractivity contribution in [2.24, 2.45) is 0 Å². The van der Waals surface area contributed by atoms with Gasteiger partial charge in [-0.3, -0.25) is 0 Å². The highest BCUT2D eigenvalue weighted by molar-refractivity contribution is 9.10. The molecule has 0 amide bonds. The fourth-order valence-corrected chi connectivity index (χ4v) is 2.16. The highest BCUT2D eigenvalue weighted by atomic mass is 79.9. The van der Waals surface area contributed by atoms with Gasteiger partial charge in [-0.05, 0) is 35.9 Å². The lowest BCUT2D eigenvalue weighted by Gasteiger charge is -2.09. The van der Waals surface area contributed by atoms with E-state index in [9.17, 15) is 13.6 Å². The molecule has 0 saturated carbocycles. The first-order valence-corrected chi connectivity index (χ1v) is 6.35. The Kier molecular flexibility index (Phi) is 4.34. The van der Waals surface area contributed by atoms with Crippen molar-refractivity contribution in [3.05, 3.63) is 63.6 Å². The van der Waals surface area contributed by atoms with E-state index in [0.717, 1.165) is 18.2 Å². The van der Waals surface area contributed by atoms with E-state index in [1.54, 1.807) is 6.07 Å². The minimum absolute atomic E-state index is 0.0694. The summed E-state index contributed by atoms with van der Waals surface area (Å²) in [7, 11) is 0. The van der Waals surface area contributed by atoms with Crippen LogP contribution in [0.4, 0.5) is 8.78 Å². The van der Waals surface area contributed by atoms with Gasteiger partial charge in [0.25, 0.3) is 0 Å². The van der Waals surface area contributed by atoms with Crippen LogP contribution in [0.25, 0.3) is 0 Å². The highest BCUT2D eigenvalue weighted by Gasteiger charge is 2.12. The number of hydrogen-bond acceptors (Lipinski definition) is 2. The van der Waals surface area contributed by atoms with Crippen LogP contribution in [0.3, 0.4) is 0 Å². The number of carboxylic acid groups (broad SMARTS) is 1. The first-order valence-electron chi connectivity index (χ1n) is 5.56. The van der Waals surface area contributed by atoms with Crippen LogP contribution < -0.4 is 4.74 Å². The Bertz CT molecular complexity index is 639. The topological polar surface area (TPSA) is 46.5 Å². The Balaban J connectivity index is 2.22. The first-order chi connectivity index (χ1) is 9.45. The maximum Gasteiger partial charge on any atom is 0.339 e. The highest BCUT2D eigenvalue weighted by Crippen LogP contribution is 2.22. The van der Waals surface area contributed by atoms with Crippen molar-refractivity contribution in [2.75, 3.05) is 0 Å². The van der Waals surface area contributed by atoms with E-state index in [4.69, 9.17) is 9.84 Å². The fraction of sp³-hybridized carbons (Fsp3) is 0.0714. The van der Waals surface area contributed by atoms with Crippen molar-refractivity contribution in [3.8, 4) is 5.75 Å². The molecule has 0 bridgehead atoms. The molecule has 2 rings (SSSR count). The van der Waals surface area contributed by atoms with Crippen LogP contribution in [-0.2, 0) is 6.61 Å². The van der Waals surface area contributed by atoms with Crippen molar-refractivity contribution < 1.29 is 23.4 Å². The number of ether oxygens (including phenoxy) is 1. The van der Waals surface area contributed by atoms with Gasteiger partial charge >= 0.3 is 5.97 Å². The molecule has 0 fully saturated rings. The van der Waals surface area contributed by atoms with Crippen LogP contribution in [0.15, 0.2) is 40.9 Å². The molecule has 0 unspecified atom stereocenters. The van der Waals surface area contributed by atoms with E-state index in [2.05, 4.69) is 15.9 Å². The van der Waals surface area contributed by atoms with E-state index in [-0.39, 0.29) is 17.9 Å². The van der Waals surface area contributed by atoms with Crippen LogP contribution >= 0.6 is 15.9 Å². The Morgan fingerprint density at radius 3 is 2.55 bits per heavy atom. The number of carboxylic acids is 1. The van der Waals surface area contributed by atoms with Gasteiger partial charge in [-0.25, -0.2) is 13.6 Å². The summed E-state index contributed by atoms with van der Waals surface area (Å²) in [6, 6.07) is 7.31. The summed E-state index contributed by atoms with van der Waals surface area (Å²) in [6.45, 7) is -0.0694. The number of halogens is 3. The van der Waals surface area contributed by atoms with E-state index in [0.29, 0.717) is 10.0 Å². The van der Waals surface area contributed by atoms with Gasteiger partial charge in [-0.2, -0.15) is 0 Å². The fourth-order valence-electron chi connectivity index (χ4n) is 1.65. The quantitative estimate of drug-likeness (QED) is 0.913. The van der Waals surface area contributed by atoms with Gasteiger partial charge < -0.3 is 9.84 Å². The molecule has 2 aromatic rings. The first kappa shape index (κ1) is 14.5. The molecular weight excluding hydrogens is 334 g/mol. The van der Waals surface area contributed by atoms with E-state index >= 15 is 0 Å². The Morgan fingerprint density at radius 2 is 1.90 bits per heavy atom. The van der Waals surface area contributed by atoms with Gasteiger partial charge in [-0.15, -0.1) is 0 Å². The van der Waals surface area contributed by atoms with Crippen molar-refractivity contribution in [2.45, 2.75) is 6.61 Å². The normalized spacial score (nSPS) is 10.3. The summed E-state index contributed by atoms with van der Waals surface area (Å²) < 4.78 is 32.1. The second-order valence-corrected chi connectivity index (χ2v) is 4.93. The summed E-state index contributed by atoms with van der Waals surface area (Å²) >= 11 is 3.14. The maximum absolute atomic E-state index is 13.2. The molecule has 2 aromatic carbocycles. The number of hydrogen-bond donors (Lipinski definition) is 1. The molecule has 0 spiro atoms. The van der Waals surface area contributed by atoms with Gasteiger partial charge in [0.1, 0.15) is 29.6 Å². The van der Waals surface area contributed by atoms with Crippen molar-refractivity contribution in [3.63, 3.8) is 0 Å². The van der Waals surface area contributed by atoms with Gasteiger partial charge in [-0.1, -0.05) is 15.9 Å². The third kappa shape index (κ3) is 3.54. The minimum Gasteiger partial charge on any atom is -0.488 e. The molecule has 0 aromatic heterocycles. The lowest BCUT2D eigenvalue weighted by atomic mass is 10.2. The zero-order valence-electron chi connectivity index (χ0n) is 10.1. The van der Waals surface area contributed by atoms with Gasteiger partial charge in [0.15, 0.2) is 0 Å². The SMILES string of the molecule is O=C(O)c1ccc(F)cc1OCc1cc(F)cc(Br)c1. The molecule has 20 heavy (non-hydrogen) atoms. The number of carbonyl (C=O) groups is 1. The van der Waals surface area contributed by atoms with Gasteiger partial charge in [0, 0.05) is 10.5 Å². The molecule has 104 valence electrons. The number of rotatable bonds is 4. The van der Waals surface area contributed by atoms with Crippen LogP contribution in [0.2, 0.25) is 0 Å². The molecule has 0 saturated heterocycles. The molecule has 0 aliphatic carbocycles. The largest absolute Gasteiger partial charge is 0.488 e. The maximum atomic E-state index is 13.2. The summed E-state index contributed by atoms with van der Waals surface area (Å²) in [4.78, 5) is 11.0. The lowest BCUT2D eigenvalue weighted by Crippen LogP contribution is -2.04. The molecular formula is C14H9BrF2O3. The van der Waals surface area contributed by atoms with Gasteiger partial charge in [0.05, 0.1) is 0 Å². The van der Waals surface area contributed by atoms with Crippen molar-refractivity contribution >= 4 is 21.9 Å². The van der Waals surface area contributed by atoms with Crippen LogP contribution in [0.1, 0.15) is 15.9 Å². The second-order valence-electron chi connectivity index (χ2n) is 4.01. The summed E-state index contributed by atoms with van der Waals surface area (Å²) in [5, 5.41) is 8.97. The summed E-state index contributed by atoms with van der Waals surface area (Å²) in [6.07, 6.45) is 0. The molecule has 0 aliphatic rings. The molecule has 1 N–H and O–H groups in total. The predicted molar refractivity (Wildman–Crippen MR) is 71.8 cm³/mol. The molecule has 3 nitrogen and oxygen atoms in total. The second kappa shape index (κ2) is 6.00. The van der Waals surface area contributed by atoms with Gasteiger partial charge in [0.2, 0.25) is 0 Å². The Labute approximate surface area is 121 Å². The zero-order valence-corrected chi connectivity index (χ0v) is 11.7. The average Bonchev–Trinajstić information content (AvgIpc) is 2.35. The van der Waals surface area contributed by atoms with Crippen LogP contribution in [0.5, 0.6) is 5.75 Å². The lowest BCUT2D eigenvalue weighted by molar-refractivity contribution is 0.0691. The third-order valence-electron chi connectivity index (χ3n) is 2.49. The molecule has 0 atom stereocenters. The molecule has 6 heteroatoms. The smallest absolute Gasteiger partial charge is 0.339 e. The minimum atomic E-state index is -1.22. The van der Waals surface area contributed by atoms with Crippen molar-refractivity contribution in [1.82, 2.24) is 0 Å².